The molecule has 0 saturated carbocycles. The van der Waals surface area contributed by atoms with Gasteiger partial charge in [0.1, 0.15) is 27.9 Å². The Hall–Kier alpha value is -2.75. The summed E-state index contributed by atoms with van der Waals surface area (Å²) in [5.41, 5.74) is 1.91. The largest absolute Gasteiger partial charge is 0.392 e. The van der Waals surface area contributed by atoms with Gasteiger partial charge in [0.05, 0.1) is 17.3 Å². The number of aryl methyl sites for hydroxylation is 2. The number of oxime groups is 1. The highest BCUT2D eigenvalue weighted by atomic mass is 35.5. The van der Waals surface area contributed by atoms with Gasteiger partial charge < -0.3 is 10.2 Å². The van der Waals surface area contributed by atoms with E-state index in [0.717, 1.165) is 23.4 Å². The molecule has 33 heavy (non-hydrogen) atoms. The van der Waals surface area contributed by atoms with Crippen LogP contribution in [0.3, 0.4) is 0 Å². The van der Waals surface area contributed by atoms with Gasteiger partial charge in [-0.05, 0) is 49.6 Å². The van der Waals surface area contributed by atoms with Crippen molar-refractivity contribution < 1.29 is 17.6 Å². The van der Waals surface area contributed by atoms with Gasteiger partial charge in [0, 0.05) is 5.02 Å². The highest BCUT2D eigenvalue weighted by molar-refractivity contribution is 7.91. The molecule has 1 aliphatic rings. The molecular formula is C22H19Cl2FN4O3S. The zero-order valence-corrected chi connectivity index (χ0v) is 20.0. The Morgan fingerprint density at radius 3 is 2.70 bits per heavy atom. The summed E-state index contributed by atoms with van der Waals surface area (Å²) in [6.45, 7) is 3.79. The molecule has 7 nitrogen and oxygen atoms in total. The van der Waals surface area contributed by atoms with Crippen LogP contribution >= 0.6 is 23.2 Å². The second-order valence-corrected chi connectivity index (χ2v) is 10.3. The van der Waals surface area contributed by atoms with E-state index < -0.39 is 20.5 Å². The van der Waals surface area contributed by atoms with Crippen LogP contribution in [0.4, 0.5) is 4.39 Å². The van der Waals surface area contributed by atoms with Crippen molar-refractivity contribution in [2.75, 3.05) is 6.61 Å². The van der Waals surface area contributed by atoms with Gasteiger partial charge in [-0.3, -0.25) is 0 Å². The fourth-order valence-electron chi connectivity index (χ4n) is 3.39. The lowest BCUT2D eigenvalue weighted by Crippen LogP contribution is -2.44. The van der Waals surface area contributed by atoms with Crippen LogP contribution in [0.2, 0.25) is 10.0 Å². The molecule has 0 amide bonds. The van der Waals surface area contributed by atoms with Crippen LogP contribution in [0.1, 0.15) is 22.6 Å². The van der Waals surface area contributed by atoms with Crippen LogP contribution in [0.25, 0.3) is 0 Å². The van der Waals surface area contributed by atoms with Crippen LogP contribution in [0, 0.1) is 19.7 Å². The normalized spacial score (nSPS) is 16.0. The number of hydrogen-bond donors (Lipinski definition) is 1. The van der Waals surface area contributed by atoms with Crippen LogP contribution in [-0.4, -0.2) is 36.9 Å². The first kappa shape index (κ1) is 23.4. The molecule has 0 spiro atoms. The maximum atomic E-state index is 14.6. The van der Waals surface area contributed by atoms with Crippen LogP contribution in [0.15, 0.2) is 57.5 Å². The average molecular weight is 509 g/mol. The second kappa shape index (κ2) is 9.24. The summed E-state index contributed by atoms with van der Waals surface area (Å²) in [6.07, 6.45) is 1.63. The number of nitrogens with one attached hydrogen (secondary N) is 1. The molecule has 172 valence electrons. The smallest absolute Gasteiger partial charge is 0.213 e. The van der Waals surface area contributed by atoms with Crippen molar-refractivity contribution in [1.82, 2.24) is 15.3 Å². The predicted molar refractivity (Wildman–Crippen MR) is 123 cm³/mol. The molecule has 2 heterocycles. The van der Waals surface area contributed by atoms with E-state index in [-0.39, 0.29) is 34.1 Å². The van der Waals surface area contributed by atoms with Crippen LogP contribution in [-0.2, 0) is 21.1 Å². The molecule has 4 rings (SSSR count). The van der Waals surface area contributed by atoms with Crippen LogP contribution in [0.5, 0.6) is 0 Å². The average Bonchev–Trinajstić information content (AvgIpc) is 2.77. The number of nitrogens with zero attached hydrogens (tertiary/aromatic N) is 3. The van der Waals surface area contributed by atoms with Gasteiger partial charge in [-0.2, -0.15) is 0 Å². The summed E-state index contributed by atoms with van der Waals surface area (Å²) in [5, 5.41) is 7.46. The minimum absolute atomic E-state index is 0.0263. The van der Waals surface area contributed by atoms with E-state index in [1.807, 2.05) is 25.1 Å². The minimum Gasteiger partial charge on any atom is -0.392 e. The highest BCUT2D eigenvalue weighted by Crippen LogP contribution is 2.29. The third-order valence-electron chi connectivity index (χ3n) is 5.04. The van der Waals surface area contributed by atoms with Gasteiger partial charge >= 0.3 is 0 Å². The number of benzene rings is 2. The first-order valence-corrected chi connectivity index (χ1v) is 12.2. The zero-order valence-electron chi connectivity index (χ0n) is 17.6. The van der Waals surface area contributed by atoms with E-state index in [1.165, 1.54) is 12.1 Å². The summed E-state index contributed by atoms with van der Waals surface area (Å²) >= 11 is 12.2. The molecule has 2 aromatic carbocycles. The Morgan fingerprint density at radius 1 is 1.15 bits per heavy atom. The fraction of sp³-hybridized carbons (Fsp3) is 0.227. The Kier molecular flexibility index (Phi) is 6.56. The molecule has 1 atom stereocenters. The lowest BCUT2D eigenvalue weighted by atomic mass is 10.0. The molecule has 0 aliphatic carbocycles. The number of rotatable bonds is 5. The van der Waals surface area contributed by atoms with Gasteiger partial charge in [-0.1, -0.05) is 46.6 Å². The van der Waals surface area contributed by atoms with Gasteiger partial charge in [0.15, 0.2) is 11.7 Å². The molecule has 0 radical (unpaired) electrons. The summed E-state index contributed by atoms with van der Waals surface area (Å²) in [7, 11) is -4.36. The number of halogens is 3. The van der Waals surface area contributed by atoms with E-state index in [4.69, 9.17) is 28.0 Å². The van der Waals surface area contributed by atoms with E-state index in [0.29, 0.717) is 17.3 Å². The molecule has 0 fully saturated rings. The lowest BCUT2D eigenvalue weighted by Gasteiger charge is -2.25. The van der Waals surface area contributed by atoms with E-state index in [9.17, 15) is 12.8 Å². The quantitative estimate of drug-likeness (QED) is 0.553. The fourth-order valence-corrected chi connectivity index (χ4v) is 5.37. The molecule has 0 bridgehead atoms. The van der Waals surface area contributed by atoms with Crippen molar-refractivity contribution in [3.05, 3.63) is 81.1 Å². The predicted octanol–water partition coefficient (Wildman–Crippen LogP) is 4.26. The van der Waals surface area contributed by atoms with E-state index >= 15 is 0 Å². The van der Waals surface area contributed by atoms with Crippen molar-refractivity contribution in [1.29, 1.82) is 0 Å². The van der Waals surface area contributed by atoms with Crippen molar-refractivity contribution in [3.63, 3.8) is 0 Å². The maximum absolute atomic E-state index is 14.6. The van der Waals surface area contributed by atoms with Crippen LogP contribution < -0.4 is 5.32 Å². The van der Waals surface area contributed by atoms with Gasteiger partial charge in [-0.25, -0.2) is 22.8 Å². The minimum atomic E-state index is -4.36. The lowest BCUT2D eigenvalue weighted by molar-refractivity contribution is 0.109. The van der Waals surface area contributed by atoms with Gasteiger partial charge in [0.25, 0.3) is 0 Å². The molecule has 1 N–H and O–H groups in total. The van der Waals surface area contributed by atoms with Gasteiger partial charge in [-0.15, -0.1) is 0 Å². The van der Waals surface area contributed by atoms with Gasteiger partial charge in [0.2, 0.25) is 9.84 Å². The van der Waals surface area contributed by atoms with Crippen molar-refractivity contribution in [3.8, 4) is 0 Å². The number of amidine groups is 1. The molecule has 0 saturated heterocycles. The summed E-state index contributed by atoms with van der Waals surface area (Å²) in [6, 6.07) is 9.25. The van der Waals surface area contributed by atoms with Crippen molar-refractivity contribution >= 4 is 38.9 Å². The first-order chi connectivity index (χ1) is 15.7. The molecule has 1 unspecified atom stereocenters. The summed E-state index contributed by atoms with van der Waals surface area (Å²) < 4.78 is 41.2. The molecule has 11 heteroatoms. The number of aromatic nitrogens is 2. The Morgan fingerprint density at radius 2 is 1.94 bits per heavy atom. The number of sulfone groups is 1. The standard InChI is InChI=1S/C22H19Cl2FN4O3S/c1-12-6-7-14(17(24)8-12)9-15-11-32-29-22(28-15)21-19(10-26-13(2)27-21)33(30,31)18-5-3-4-16(23)20(18)25/h3-8,10,15H,9,11H2,1-2H3,(H,28,29). The highest BCUT2D eigenvalue weighted by Gasteiger charge is 2.31. The Labute approximate surface area is 200 Å². The Balaban J connectivity index is 1.70. The molecule has 3 aromatic rings. The monoisotopic (exact) mass is 508 g/mol. The topological polar surface area (TPSA) is 93.5 Å². The second-order valence-electron chi connectivity index (χ2n) is 7.56. The van der Waals surface area contributed by atoms with Crippen molar-refractivity contribution in [2.45, 2.75) is 36.1 Å². The first-order valence-electron chi connectivity index (χ1n) is 9.91. The summed E-state index contributed by atoms with van der Waals surface area (Å²) in [5.74, 6) is -0.642. The van der Waals surface area contributed by atoms with Crippen molar-refractivity contribution in [2.24, 2.45) is 5.16 Å². The van der Waals surface area contributed by atoms with E-state index in [2.05, 4.69) is 20.4 Å². The molecular weight excluding hydrogens is 490 g/mol. The maximum Gasteiger partial charge on any atom is 0.213 e. The zero-order chi connectivity index (χ0) is 23.8. The third-order valence-corrected chi connectivity index (χ3v) is 7.46. The SMILES string of the molecule is Cc1ccc(CC2CON=C(c3nc(C)ncc3S(=O)(=O)c3cccc(Cl)c3F)N2)c(Cl)c1. The Bertz CT molecular complexity index is 1370. The third kappa shape index (κ3) is 4.80. The molecule has 1 aromatic heterocycles. The number of hydrogen-bond acceptors (Lipinski definition) is 7. The molecule has 1 aliphatic heterocycles. The van der Waals surface area contributed by atoms with E-state index in [1.54, 1.807) is 6.92 Å². The summed E-state index contributed by atoms with van der Waals surface area (Å²) in [4.78, 5) is 12.7.